The number of benzene rings is 1. The fourth-order valence-electron chi connectivity index (χ4n) is 2.68. The van der Waals surface area contributed by atoms with Crippen LogP contribution in [0.3, 0.4) is 0 Å². The van der Waals surface area contributed by atoms with E-state index in [0.717, 1.165) is 23.8 Å². The van der Waals surface area contributed by atoms with Crippen LogP contribution in [0.2, 0.25) is 0 Å². The topological polar surface area (TPSA) is 45.0 Å². The molecular weight excluding hydrogens is 224 g/mol. The van der Waals surface area contributed by atoms with Gasteiger partial charge in [0.25, 0.3) is 0 Å². The predicted octanol–water partition coefficient (Wildman–Crippen LogP) is 2.85. The first-order chi connectivity index (χ1) is 8.74. The van der Waals surface area contributed by atoms with Crippen LogP contribution in [-0.2, 0) is 6.54 Å². The van der Waals surface area contributed by atoms with Gasteiger partial charge in [0.1, 0.15) is 5.75 Å². The summed E-state index contributed by atoms with van der Waals surface area (Å²) in [5, 5.41) is 12.5. The zero-order chi connectivity index (χ0) is 13.0. The highest BCUT2D eigenvalue weighted by Crippen LogP contribution is 2.26. The molecule has 1 fully saturated rings. The third kappa shape index (κ3) is 2.83. The van der Waals surface area contributed by atoms with Crippen molar-refractivity contribution in [2.45, 2.75) is 38.8 Å². The number of hydrogen-bond donors (Lipinski definition) is 1. The number of nitriles is 1. The second-order valence-electron chi connectivity index (χ2n) is 5.03. The molecule has 0 radical (unpaired) electrons. The summed E-state index contributed by atoms with van der Waals surface area (Å²) in [4.78, 5) is 0. The molecule has 0 amide bonds. The fraction of sp³-hybridized carbons (Fsp3) is 0.533. The van der Waals surface area contributed by atoms with E-state index in [9.17, 15) is 0 Å². The Morgan fingerprint density at radius 2 is 2.28 bits per heavy atom. The third-order valence-corrected chi connectivity index (χ3v) is 3.83. The first-order valence-corrected chi connectivity index (χ1v) is 6.55. The molecule has 1 aliphatic rings. The number of ether oxygens (including phenoxy) is 1. The van der Waals surface area contributed by atoms with Gasteiger partial charge in [-0.15, -0.1) is 0 Å². The van der Waals surface area contributed by atoms with Crippen LogP contribution in [0.15, 0.2) is 18.2 Å². The van der Waals surface area contributed by atoms with Crippen molar-refractivity contribution < 1.29 is 4.74 Å². The van der Waals surface area contributed by atoms with E-state index in [-0.39, 0.29) is 0 Å². The van der Waals surface area contributed by atoms with Crippen molar-refractivity contribution in [1.82, 2.24) is 5.32 Å². The molecular formula is C15H20N2O. The Kier molecular flexibility index (Phi) is 4.22. The fourth-order valence-corrected chi connectivity index (χ4v) is 2.68. The summed E-state index contributed by atoms with van der Waals surface area (Å²) in [6.45, 7) is 3.07. The van der Waals surface area contributed by atoms with Gasteiger partial charge in [-0.1, -0.05) is 13.3 Å². The van der Waals surface area contributed by atoms with E-state index in [4.69, 9.17) is 10.00 Å². The van der Waals surface area contributed by atoms with E-state index in [2.05, 4.69) is 18.3 Å². The van der Waals surface area contributed by atoms with Crippen molar-refractivity contribution in [3.63, 3.8) is 0 Å². The molecule has 0 bridgehead atoms. The van der Waals surface area contributed by atoms with Gasteiger partial charge in [0.05, 0.1) is 18.7 Å². The van der Waals surface area contributed by atoms with Crippen molar-refractivity contribution >= 4 is 0 Å². The zero-order valence-electron chi connectivity index (χ0n) is 11.1. The maximum absolute atomic E-state index is 8.94. The minimum atomic E-state index is 0.598. The molecule has 18 heavy (non-hydrogen) atoms. The molecule has 1 N–H and O–H groups in total. The smallest absolute Gasteiger partial charge is 0.123 e. The lowest BCUT2D eigenvalue weighted by molar-refractivity contribution is 0.395. The van der Waals surface area contributed by atoms with Crippen LogP contribution in [0.1, 0.15) is 37.3 Å². The van der Waals surface area contributed by atoms with E-state index in [1.807, 2.05) is 12.1 Å². The van der Waals surface area contributed by atoms with Crippen molar-refractivity contribution in [3.05, 3.63) is 29.3 Å². The van der Waals surface area contributed by atoms with E-state index < -0.39 is 0 Å². The maximum Gasteiger partial charge on any atom is 0.123 e. The highest BCUT2D eigenvalue weighted by Gasteiger charge is 2.22. The Balaban J connectivity index is 2.05. The quantitative estimate of drug-likeness (QED) is 0.885. The predicted molar refractivity (Wildman–Crippen MR) is 71.4 cm³/mol. The lowest BCUT2D eigenvalue weighted by Crippen LogP contribution is -2.30. The summed E-state index contributed by atoms with van der Waals surface area (Å²) in [5.74, 6) is 1.60. The van der Waals surface area contributed by atoms with Gasteiger partial charge in [-0.3, -0.25) is 0 Å². The zero-order valence-corrected chi connectivity index (χ0v) is 11.1. The van der Waals surface area contributed by atoms with Crippen LogP contribution in [-0.4, -0.2) is 13.2 Å². The van der Waals surface area contributed by atoms with Gasteiger partial charge < -0.3 is 10.1 Å². The summed E-state index contributed by atoms with van der Waals surface area (Å²) in [6, 6.07) is 8.34. The van der Waals surface area contributed by atoms with E-state index in [0.29, 0.717) is 11.6 Å². The molecule has 0 aromatic heterocycles. The molecule has 0 heterocycles. The molecule has 1 aliphatic carbocycles. The van der Waals surface area contributed by atoms with E-state index >= 15 is 0 Å². The molecule has 0 aliphatic heterocycles. The summed E-state index contributed by atoms with van der Waals surface area (Å²) in [7, 11) is 1.67. The first kappa shape index (κ1) is 12.9. The standard InChI is InChI=1S/C15H20N2O/c1-11-4-3-5-14(11)17-10-13-8-12(9-16)6-7-15(13)18-2/h6-8,11,14,17H,3-5,10H2,1-2H3. The van der Waals surface area contributed by atoms with Crippen LogP contribution in [0.25, 0.3) is 0 Å². The second-order valence-corrected chi connectivity index (χ2v) is 5.03. The average Bonchev–Trinajstić information content (AvgIpc) is 2.81. The number of hydrogen-bond acceptors (Lipinski definition) is 3. The minimum Gasteiger partial charge on any atom is -0.496 e. The molecule has 1 aromatic rings. The average molecular weight is 244 g/mol. The number of methoxy groups -OCH3 is 1. The minimum absolute atomic E-state index is 0.598. The lowest BCUT2D eigenvalue weighted by atomic mass is 10.1. The Hall–Kier alpha value is -1.53. The van der Waals surface area contributed by atoms with E-state index in [1.165, 1.54) is 19.3 Å². The first-order valence-electron chi connectivity index (χ1n) is 6.55. The van der Waals surface area contributed by atoms with Gasteiger partial charge in [-0.2, -0.15) is 5.26 Å². The van der Waals surface area contributed by atoms with Crippen molar-refractivity contribution in [1.29, 1.82) is 5.26 Å². The number of nitrogens with one attached hydrogen (secondary N) is 1. The Labute approximate surface area is 109 Å². The van der Waals surface area contributed by atoms with Crippen molar-refractivity contribution in [2.24, 2.45) is 5.92 Å². The monoisotopic (exact) mass is 244 g/mol. The molecule has 3 heteroatoms. The molecule has 1 saturated carbocycles. The van der Waals surface area contributed by atoms with Gasteiger partial charge in [0.15, 0.2) is 0 Å². The van der Waals surface area contributed by atoms with Gasteiger partial charge in [-0.05, 0) is 37.0 Å². The van der Waals surface area contributed by atoms with Gasteiger partial charge >= 0.3 is 0 Å². The number of nitrogens with zero attached hydrogens (tertiary/aromatic N) is 1. The molecule has 0 spiro atoms. The summed E-state index contributed by atoms with van der Waals surface area (Å²) < 4.78 is 5.34. The van der Waals surface area contributed by atoms with Crippen LogP contribution in [0, 0.1) is 17.2 Å². The van der Waals surface area contributed by atoms with E-state index in [1.54, 1.807) is 13.2 Å². The molecule has 1 aromatic carbocycles. The SMILES string of the molecule is COc1ccc(C#N)cc1CNC1CCCC1C. The maximum atomic E-state index is 8.94. The Bertz CT molecular complexity index is 450. The number of rotatable bonds is 4. The normalized spacial score (nSPS) is 22.7. The second kappa shape index (κ2) is 5.88. The molecule has 2 unspecified atom stereocenters. The van der Waals surface area contributed by atoms with Crippen molar-refractivity contribution in [2.75, 3.05) is 7.11 Å². The van der Waals surface area contributed by atoms with Crippen LogP contribution in [0.5, 0.6) is 5.75 Å². The summed E-state index contributed by atoms with van der Waals surface area (Å²) in [6.07, 6.45) is 3.88. The third-order valence-electron chi connectivity index (χ3n) is 3.83. The van der Waals surface area contributed by atoms with Crippen LogP contribution in [0.4, 0.5) is 0 Å². The molecule has 0 saturated heterocycles. The molecule has 96 valence electrons. The molecule has 2 atom stereocenters. The molecule has 2 rings (SSSR count). The largest absolute Gasteiger partial charge is 0.496 e. The van der Waals surface area contributed by atoms with Crippen LogP contribution < -0.4 is 10.1 Å². The van der Waals surface area contributed by atoms with Crippen LogP contribution >= 0.6 is 0 Å². The lowest BCUT2D eigenvalue weighted by Gasteiger charge is -2.18. The highest BCUT2D eigenvalue weighted by atomic mass is 16.5. The van der Waals surface area contributed by atoms with Gasteiger partial charge in [0.2, 0.25) is 0 Å². The Morgan fingerprint density at radius 3 is 2.89 bits per heavy atom. The van der Waals surface area contributed by atoms with Crippen molar-refractivity contribution in [3.8, 4) is 11.8 Å². The molecule has 3 nitrogen and oxygen atoms in total. The Morgan fingerprint density at radius 1 is 1.44 bits per heavy atom. The van der Waals surface area contributed by atoms with Gasteiger partial charge in [0, 0.05) is 18.2 Å². The highest BCUT2D eigenvalue weighted by molar-refractivity contribution is 5.42. The van der Waals surface area contributed by atoms with Gasteiger partial charge in [-0.25, -0.2) is 0 Å². The summed E-state index contributed by atoms with van der Waals surface area (Å²) in [5.41, 5.74) is 1.75. The summed E-state index contributed by atoms with van der Waals surface area (Å²) >= 11 is 0.